The van der Waals surface area contributed by atoms with E-state index in [1.807, 2.05) is 0 Å². The quantitative estimate of drug-likeness (QED) is 0.624. The van der Waals surface area contributed by atoms with Crippen molar-refractivity contribution in [3.8, 4) is 22.8 Å². The average molecular weight is 442 g/mol. The molecule has 1 aliphatic rings. The lowest BCUT2D eigenvalue weighted by Crippen LogP contribution is -2.38. The van der Waals surface area contributed by atoms with Gasteiger partial charge in [-0.3, -0.25) is 9.59 Å². The fourth-order valence-corrected chi connectivity index (χ4v) is 3.33. The van der Waals surface area contributed by atoms with Gasteiger partial charge in [-0.15, -0.1) is 0 Å². The fourth-order valence-electron chi connectivity index (χ4n) is 3.14. The molecule has 0 saturated carbocycles. The first-order valence-electron chi connectivity index (χ1n) is 9.75. The predicted octanol–water partition coefficient (Wildman–Crippen LogP) is 3.87. The molecule has 0 bridgehead atoms. The zero-order valence-corrected chi connectivity index (χ0v) is 17.5. The molecule has 0 atom stereocenters. The van der Waals surface area contributed by atoms with Gasteiger partial charge in [0.2, 0.25) is 5.91 Å². The van der Waals surface area contributed by atoms with E-state index in [0.29, 0.717) is 53.3 Å². The lowest BCUT2D eigenvalue weighted by atomic mass is 10.1. The normalized spacial score (nSPS) is 12.3. The molecule has 0 spiro atoms. The standard InChI is InChI=1S/C22H20ClN3O5/c1-2-26(13-21(27)24-16-6-7-18-20(11-16)30-9-8-29-18)22(28)17-12-19(31-25-17)14-4-3-5-15(23)10-14/h3-7,10-12H,2,8-9,13H2,1H3,(H,24,27). The van der Waals surface area contributed by atoms with Crippen LogP contribution in [-0.4, -0.2) is 48.2 Å². The Kier molecular flexibility index (Phi) is 6.08. The van der Waals surface area contributed by atoms with Gasteiger partial charge in [0.05, 0.1) is 0 Å². The van der Waals surface area contributed by atoms with Crippen LogP contribution >= 0.6 is 11.6 Å². The van der Waals surface area contributed by atoms with E-state index < -0.39 is 5.91 Å². The first-order chi connectivity index (χ1) is 15.0. The highest BCUT2D eigenvalue weighted by molar-refractivity contribution is 6.30. The van der Waals surface area contributed by atoms with E-state index in [0.717, 1.165) is 0 Å². The maximum Gasteiger partial charge on any atom is 0.276 e. The Morgan fingerprint density at radius 3 is 2.68 bits per heavy atom. The number of halogens is 1. The van der Waals surface area contributed by atoms with Gasteiger partial charge in [0.25, 0.3) is 5.91 Å². The monoisotopic (exact) mass is 441 g/mol. The van der Waals surface area contributed by atoms with Gasteiger partial charge in [0, 0.05) is 35.0 Å². The van der Waals surface area contributed by atoms with Crippen molar-refractivity contribution in [2.75, 3.05) is 31.6 Å². The molecule has 0 aliphatic carbocycles. The molecular formula is C22H20ClN3O5. The van der Waals surface area contributed by atoms with Crippen LogP contribution in [0, 0.1) is 0 Å². The first-order valence-corrected chi connectivity index (χ1v) is 10.1. The van der Waals surface area contributed by atoms with Crippen molar-refractivity contribution in [3.63, 3.8) is 0 Å². The number of amides is 2. The number of nitrogens with one attached hydrogen (secondary N) is 1. The summed E-state index contributed by atoms with van der Waals surface area (Å²) in [5, 5.41) is 7.18. The predicted molar refractivity (Wildman–Crippen MR) is 115 cm³/mol. The van der Waals surface area contributed by atoms with Crippen molar-refractivity contribution in [3.05, 3.63) is 59.2 Å². The second-order valence-electron chi connectivity index (χ2n) is 6.81. The first kappa shape index (κ1) is 20.7. The Morgan fingerprint density at radius 2 is 1.90 bits per heavy atom. The van der Waals surface area contributed by atoms with Crippen LogP contribution in [0.25, 0.3) is 11.3 Å². The molecule has 1 N–H and O–H groups in total. The number of ether oxygens (including phenoxy) is 2. The van der Waals surface area contributed by atoms with Crippen molar-refractivity contribution < 1.29 is 23.6 Å². The van der Waals surface area contributed by atoms with E-state index in [2.05, 4.69) is 10.5 Å². The number of likely N-dealkylation sites (N-methyl/N-ethyl adjacent to an activating group) is 1. The van der Waals surface area contributed by atoms with Crippen molar-refractivity contribution in [1.82, 2.24) is 10.1 Å². The zero-order chi connectivity index (χ0) is 21.8. The molecule has 4 rings (SSSR count). The number of anilines is 1. The van der Waals surface area contributed by atoms with Crippen LogP contribution in [0.3, 0.4) is 0 Å². The van der Waals surface area contributed by atoms with E-state index >= 15 is 0 Å². The van der Waals surface area contributed by atoms with Crippen LogP contribution in [-0.2, 0) is 4.79 Å². The molecule has 0 radical (unpaired) electrons. The Labute approximate surface area is 183 Å². The summed E-state index contributed by atoms with van der Waals surface area (Å²) in [5.41, 5.74) is 1.38. The second-order valence-corrected chi connectivity index (χ2v) is 7.25. The summed E-state index contributed by atoms with van der Waals surface area (Å²) < 4.78 is 16.3. The molecule has 1 aliphatic heterocycles. The van der Waals surface area contributed by atoms with Crippen molar-refractivity contribution in [2.24, 2.45) is 0 Å². The highest BCUT2D eigenvalue weighted by Gasteiger charge is 2.22. The largest absolute Gasteiger partial charge is 0.486 e. The minimum atomic E-state index is -0.406. The van der Waals surface area contributed by atoms with Gasteiger partial charge in [-0.25, -0.2) is 0 Å². The Morgan fingerprint density at radius 1 is 1.10 bits per heavy atom. The molecular weight excluding hydrogens is 422 g/mol. The molecule has 2 heterocycles. The maximum absolute atomic E-state index is 12.8. The zero-order valence-electron chi connectivity index (χ0n) is 16.8. The number of hydrogen-bond acceptors (Lipinski definition) is 6. The number of hydrogen-bond donors (Lipinski definition) is 1. The summed E-state index contributed by atoms with van der Waals surface area (Å²) in [4.78, 5) is 26.7. The third-order valence-corrected chi connectivity index (χ3v) is 4.90. The van der Waals surface area contributed by atoms with Crippen molar-refractivity contribution >= 4 is 29.1 Å². The summed E-state index contributed by atoms with van der Waals surface area (Å²) in [6.45, 7) is 2.92. The van der Waals surface area contributed by atoms with Gasteiger partial charge < -0.3 is 24.2 Å². The molecule has 2 aromatic carbocycles. The van der Waals surface area contributed by atoms with E-state index in [4.69, 9.17) is 25.6 Å². The lowest BCUT2D eigenvalue weighted by molar-refractivity contribution is -0.116. The fraction of sp³-hybridized carbons (Fsp3) is 0.227. The van der Waals surface area contributed by atoms with E-state index in [9.17, 15) is 9.59 Å². The summed E-state index contributed by atoms with van der Waals surface area (Å²) in [6.07, 6.45) is 0. The van der Waals surface area contributed by atoms with Crippen LogP contribution in [0.1, 0.15) is 17.4 Å². The van der Waals surface area contributed by atoms with Gasteiger partial charge in [-0.05, 0) is 31.2 Å². The van der Waals surface area contributed by atoms with E-state index in [1.165, 1.54) is 11.0 Å². The van der Waals surface area contributed by atoms with Crippen LogP contribution < -0.4 is 14.8 Å². The molecule has 160 valence electrons. The summed E-state index contributed by atoms with van der Waals surface area (Å²) >= 11 is 6.00. The van der Waals surface area contributed by atoms with Gasteiger partial charge in [0.15, 0.2) is 23.0 Å². The maximum atomic E-state index is 12.8. The van der Waals surface area contributed by atoms with E-state index in [1.54, 1.807) is 49.4 Å². The number of carbonyl (C=O) groups is 2. The van der Waals surface area contributed by atoms with E-state index in [-0.39, 0.29) is 18.1 Å². The van der Waals surface area contributed by atoms with Crippen molar-refractivity contribution in [2.45, 2.75) is 6.92 Å². The number of nitrogens with zero attached hydrogens (tertiary/aromatic N) is 2. The van der Waals surface area contributed by atoms with Crippen LogP contribution in [0.4, 0.5) is 5.69 Å². The topological polar surface area (TPSA) is 93.9 Å². The highest BCUT2D eigenvalue weighted by Crippen LogP contribution is 2.32. The van der Waals surface area contributed by atoms with Gasteiger partial charge >= 0.3 is 0 Å². The third-order valence-electron chi connectivity index (χ3n) is 4.67. The second kappa shape index (κ2) is 9.09. The molecule has 9 heteroatoms. The van der Waals surface area contributed by atoms with Crippen LogP contribution in [0.2, 0.25) is 5.02 Å². The molecule has 2 amide bonds. The SMILES string of the molecule is CCN(CC(=O)Nc1ccc2c(c1)OCCO2)C(=O)c1cc(-c2cccc(Cl)c2)on1. The van der Waals surface area contributed by atoms with Gasteiger partial charge in [-0.1, -0.05) is 28.9 Å². The van der Waals surface area contributed by atoms with Gasteiger partial charge in [-0.2, -0.15) is 0 Å². The summed E-state index contributed by atoms with van der Waals surface area (Å²) in [7, 11) is 0. The third kappa shape index (κ3) is 4.80. The minimum Gasteiger partial charge on any atom is -0.486 e. The minimum absolute atomic E-state index is 0.115. The number of fused-ring (bicyclic) bond motifs is 1. The molecule has 3 aromatic rings. The van der Waals surface area contributed by atoms with Gasteiger partial charge in [0.1, 0.15) is 19.8 Å². The number of carbonyl (C=O) groups excluding carboxylic acids is 2. The summed E-state index contributed by atoms with van der Waals surface area (Å²) in [6, 6.07) is 13.7. The molecule has 8 nitrogen and oxygen atoms in total. The Balaban J connectivity index is 1.41. The molecule has 0 saturated heterocycles. The smallest absolute Gasteiger partial charge is 0.276 e. The number of benzene rings is 2. The van der Waals surface area contributed by atoms with Crippen LogP contribution in [0.5, 0.6) is 11.5 Å². The molecule has 1 aromatic heterocycles. The van der Waals surface area contributed by atoms with Crippen LogP contribution in [0.15, 0.2) is 53.1 Å². The molecule has 31 heavy (non-hydrogen) atoms. The number of aromatic nitrogens is 1. The lowest BCUT2D eigenvalue weighted by Gasteiger charge is -2.20. The number of rotatable bonds is 6. The molecule has 0 unspecified atom stereocenters. The Bertz CT molecular complexity index is 1110. The average Bonchev–Trinajstić information content (AvgIpc) is 3.27. The van der Waals surface area contributed by atoms with Crippen molar-refractivity contribution in [1.29, 1.82) is 0 Å². The highest BCUT2D eigenvalue weighted by atomic mass is 35.5. The summed E-state index contributed by atoms with van der Waals surface area (Å²) in [5.74, 6) is 0.879. The molecule has 0 fully saturated rings. The Hall–Kier alpha value is -3.52.